The van der Waals surface area contributed by atoms with Gasteiger partial charge in [0.1, 0.15) is 5.75 Å². The van der Waals surface area contributed by atoms with Crippen molar-refractivity contribution in [3.8, 4) is 28.6 Å². The molecule has 1 aliphatic heterocycles. The Kier molecular flexibility index (Phi) is 8.24. The summed E-state index contributed by atoms with van der Waals surface area (Å²) in [5.74, 6) is -0.961. The first-order chi connectivity index (χ1) is 23.4. The molecule has 1 fully saturated rings. The van der Waals surface area contributed by atoms with Crippen LogP contribution >= 0.6 is 0 Å². The van der Waals surface area contributed by atoms with Crippen molar-refractivity contribution in [2.45, 2.75) is 37.7 Å². The second-order valence-electron chi connectivity index (χ2n) is 11.6. The molecule has 3 amide bonds. The number of hydrogen-bond acceptors (Lipinski definition) is 9. The van der Waals surface area contributed by atoms with Gasteiger partial charge in [-0.05, 0) is 74.2 Å². The number of hydrogen-bond donors (Lipinski definition) is 1. The number of carbonyl (C=O) groups is 4. The standard InChI is InChI=1S/C37H30N4O7/c42-31(23-46-30-16-8-7-15-29(30)33-39-32(40-48-33)24-11-3-1-4-12-24)47-37(21-9-2-10-22-37)36(45)38-25-17-19-26(20-18-25)41-34(43)27-13-5-6-14-28(27)35(41)44/h1,3-8,11-20H,2,9-10,21-23H2,(H,38,45). The van der Waals surface area contributed by atoms with E-state index in [0.29, 0.717) is 65.3 Å². The average molecular weight is 643 g/mol. The molecule has 48 heavy (non-hydrogen) atoms. The molecular formula is C37H30N4O7. The quantitative estimate of drug-likeness (QED) is 0.141. The van der Waals surface area contributed by atoms with Crippen LogP contribution in [0.15, 0.2) is 108 Å². The number of fused-ring (bicyclic) bond motifs is 1. The number of anilines is 2. The number of carbonyl (C=O) groups excluding carboxylic acids is 4. The molecule has 7 rings (SSSR count). The van der Waals surface area contributed by atoms with Crippen LogP contribution < -0.4 is 15.0 Å². The Morgan fingerprint density at radius 3 is 2.08 bits per heavy atom. The topological polar surface area (TPSA) is 141 Å². The summed E-state index contributed by atoms with van der Waals surface area (Å²) < 4.78 is 17.2. The summed E-state index contributed by atoms with van der Waals surface area (Å²) in [4.78, 5) is 58.2. The monoisotopic (exact) mass is 642 g/mol. The lowest BCUT2D eigenvalue weighted by atomic mass is 9.83. The number of ether oxygens (including phenoxy) is 2. The Morgan fingerprint density at radius 1 is 0.771 bits per heavy atom. The highest BCUT2D eigenvalue weighted by Crippen LogP contribution is 2.35. The second-order valence-corrected chi connectivity index (χ2v) is 11.6. The minimum atomic E-state index is -1.38. The molecule has 1 aromatic heterocycles. The predicted molar refractivity (Wildman–Crippen MR) is 175 cm³/mol. The van der Waals surface area contributed by atoms with Crippen molar-refractivity contribution in [3.05, 3.63) is 114 Å². The normalized spacial score (nSPS) is 15.1. The third-order valence-electron chi connectivity index (χ3n) is 8.48. The smallest absolute Gasteiger partial charge is 0.345 e. The summed E-state index contributed by atoms with van der Waals surface area (Å²) in [7, 11) is 0. The molecule has 0 unspecified atom stereocenters. The highest BCUT2D eigenvalue weighted by atomic mass is 16.6. The lowest BCUT2D eigenvalue weighted by Gasteiger charge is -2.35. The van der Waals surface area contributed by atoms with Gasteiger partial charge < -0.3 is 19.3 Å². The fourth-order valence-electron chi connectivity index (χ4n) is 6.05. The number of aromatic nitrogens is 2. The van der Waals surface area contributed by atoms with Crippen LogP contribution in [0.4, 0.5) is 11.4 Å². The fourth-order valence-corrected chi connectivity index (χ4v) is 6.05. The van der Waals surface area contributed by atoms with E-state index >= 15 is 0 Å². The Hall–Kier alpha value is -6.10. The van der Waals surface area contributed by atoms with Crippen molar-refractivity contribution < 1.29 is 33.2 Å². The van der Waals surface area contributed by atoms with Gasteiger partial charge >= 0.3 is 5.97 Å². The molecule has 1 aliphatic carbocycles. The van der Waals surface area contributed by atoms with Gasteiger partial charge in [-0.25, -0.2) is 9.69 Å². The van der Waals surface area contributed by atoms with E-state index in [1.54, 1.807) is 72.8 Å². The van der Waals surface area contributed by atoms with Crippen molar-refractivity contribution in [2.75, 3.05) is 16.8 Å². The molecule has 5 aromatic rings. The second kappa shape index (κ2) is 13.0. The van der Waals surface area contributed by atoms with E-state index in [-0.39, 0.29) is 5.89 Å². The first-order valence-corrected chi connectivity index (χ1v) is 15.6. The van der Waals surface area contributed by atoms with E-state index in [2.05, 4.69) is 15.5 Å². The highest BCUT2D eigenvalue weighted by Gasteiger charge is 2.44. The molecule has 2 heterocycles. The van der Waals surface area contributed by atoms with E-state index in [9.17, 15) is 19.2 Å². The van der Waals surface area contributed by atoms with Crippen LogP contribution in [0.2, 0.25) is 0 Å². The third-order valence-corrected chi connectivity index (χ3v) is 8.48. The Labute approximate surface area is 275 Å². The van der Waals surface area contributed by atoms with Crippen molar-refractivity contribution in [2.24, 2.45) is 0 Å². The molecule has 1 N–H and O–H groups in total. The van der Waals surface area contributed by atoms with Crippen LogP contribution in [0, 0.1) is 0 Å². The van der Waals surface area contributed by atoms with Gasteiger partial charge in [0.25, 0.3) is 23.6 Å². The van der Waals surface area contributed by atoms with E-state index in [1.807, 2.05) is 30.3 Å². The number of imide groups is 1. The first-order valence-electron chi connectivity index (χ1n) is 15.6. The lowest BCUT2D eigenvalue weighted by Crippen LogP contribution is -2.49. The number of rotatable bonds is 9. The first kappa shape index (κ1) is 30.5. The van der Waals surface area contributed by atoms with Crippen LogP contribution in [0.3, 0.4) is 0 Å². The van der Waals surface area contributed by atoms with Gasteiger partial charge in [-0.15, -0.1) is 0 Å². The van der Waals surface area contributed by atoms with Crippen LogP contribution in [-0.4, -0.2) is 46.0 Å². The summed E-state index contributed by atoms with van der Waals surface area (Å²) in [6.07, 6.45) is 3.06. The molecule has 240 valence electrons. The molecule has 0 radical (unpaired) electrons. The predicted octanol–water partition coefficient (Wildman–Crippen LogP) is 6.47. The van der Waals surface area contributed by atoms with Gasteiger partial charge in [0.15, 0.2) is 12.2 Å². The zero-order valence-corrected chi connectivity index (χ0v) is 25.8. The lowest BCUT2D eigenvalue weighted by molar-refractivity contribution is -0.171. The molecule has 2 aliphatic rings. The molecule has 0 spiro atoms. The van der Waals surface area contributed by atoms with Gasteiger partial charge in [0.2, 0.25) is 5.82 Å². The fraction of sp³-hybridized carbons (Fsp3) is 0.189. The minimum Gasteiger partial charge on any atom is -0.481 e. The van der Waals surface area contributed by atoms with Crippen molar-refractivity contribution in [1.29, 1.82) is 0 Å². The summed E-state index contributed by atoms with van der Waals surface area (Å²) in [6, 6.07) is 29.4. The summed E-state index contributed by atoms with van der Waals surface area (Å²) >= 11 is 0. The molecular weight excluding hydrogens is 612 g/mol. The zero-order chi connectivity index (χ0) is 33.1. The van der Waals surface area contributed by atoms with Crippen LogP contribution in [0.5, 0.6) is 5.75 Å². The molecule has 11 heteroatoms. The van der Waals surface area contributed by atoms with Crippen LogP contribution in [0.1, 0.15) is 52.8 Å². The van der Waals surface area contributed by atoms with Crippen LogP contribution in [0.25, 0.3) is 22.8 Å². The number of para-hydroxylation sites is 1. The summed E-state index contributed by atoms with van der Waals surface area (Å²) in [5.41, 5.74) is 1.43. The van der Waals surface area contributed by atoms with Gasteiger partial charge in [0.05, 0.1) is 22.4 Å². The largest absolute Gasteiger partial charge is 0.481 e. The number of amides is 3. The van der Waals surface area contributed by atoms with Gasteiger partial charge in [-0.2, -0.15) is 4.98 Å². The van der Waals surface area contributed by atoms with Crippen LogP contribution in [-0.2, 0) is 14.3 Å². The van der Waals surface area contributed by atoms with Gasteiger partial charge in [-0.3, -0.25) is 14.4 Å². The number of nitrogens with one attached hydrogen (secondary N) is 1. The molecule has 0 atom stereocenters. The van der Waals surface area contributed by atoms with Gasteiger partial charge in [0, 0.05) is 11.3 Å². The van der Waals surface area contributed by atoms with E-state index in [4.69, 9.17) is 14.0 Å². The molecule has 0 bridgehead atoms. The third kappa shape index (κ3) is 5.93. The zero-order valence-electron chi connectivity index (χ0n) is 25.8. The summed E-state index contributed by atoms with van der Waals surface area (Å²) in [6.45, 7) is -0.444. The summed E-state index contributed by atoms with van der Waals surface area (Å²) in [5, 5.41) is 6.93. The van der Waals surface area contributed by atoms with Crippen molar-refractivity contribution in [1.82, 2.24) is 10.1 Å². The van der Waals surface area contributed by atoms with Gasteiger partial charge in [-0.1, -0.05) is 66.2 Å². The molecule has 0 saturated heterocycles. The molecule has 1 saturated carbocycles. The maximum Gasteiger partial charge on any atom is 0.345 e. The average Bonchev–Trinajstić information content (AvgIpc) is 3.72. The van der Waals surface area contributed by atoms with Crippen molar-refractivity contribution in [3.63, 3.8) is 0 Å². The maximum absolute atomic E-state index is 13.7. The van der Waals surface area contributed by atoms with E-state index < -0.39 is 35.9 Å². The Balaban J connectivity index is 1.01. The number of nitrogens with zero attached hydrogens (tertiary/aromatic N) is 3. The SMILES string of the molecule is O=C(COc1ccccc1-c1nc(-c2ccccc2)no1)OC1(C(=O)Nc2ccc(N3C(=O)c4ccccc4C3=O)cc2)CCCCC1. The number of benzene rings is 4. The molecule has 11 nitrogen and oxygen atoms in total. The highest BCUT2D eigenvalue weighted by molar-refractivity contribution is 6.34. The number of esters is 1. The Bertz CT molecular complexity index is 1960. The Morgan fingerprint density at radius 2 is 1.40 bits per heavy atom. The molecule has 4 aromatic carbocycles. The minimum absolute atomic E-state index is 0.231. The van der Waals surface area contributed by atoms with Crippen molar-refractivity contribution >= 4 is 35.1 Å². The maximum atomic E-state index is 13.7. The van der Waals surface area contributed by atoms with E-state index in [0.717, 1.165) is 16.9 Å². The van der Waals surface area contributed by atoms with E-state index in [1.165, 1.54) is 0 Å².